The fraction of sp³-hybridized carbons (Fsp3) is 0.250. The SMILES string of the molecule is Fc1ccc(OC(F)(F)C(F)Cl)cc1. The first-order chi connectivity index (χ1) is 6.42. The summed E-state index contributed by atoms with van der Waals surface area (Å²) >= 11 is 4.53. The zero-order chi connectivity index (χ0) is 10.8. The zero-order valence-corrected chi connectivity index (χ0v) is 7.44. The summed E-state index contributed by atoms with van der Waals surface area (Å²) in [6, 6.07) is 3.71. The van der Waals surface area contributed by atoms with Gasteiger partial charge in [0.05, 0.1) is 0 Å². The number of rotatable bonds is 3. The molecule has 0 heterocycles. The molecule has 1 aromatic carbocycles. The maximum Gasteiger partial charge on any atom is 0.444 e. The van der Waals surface area contributed by atoms with E-state index in [9.17, 15) is 17.6 Å². The first-order valence-electron chi connectivity index (χ1n) is 3.52. The van der Waals surface area contributed by atoms with Crippen molar-refractivity contribution in [3.05, 3.63) is 30.1 Å². The van der Waals surface area contributed by atoms with Crippen LogP contribution < -0.4 is 4.74 Å². The van der Waals surface area contributed by atoms with Crippen LogP contribution in [0.2, 0.25) is 0 Å². The van der Waals surface area contributed by atoms with Gasteiger partial charge < -0.3 is 4.74 Å². The fourth-order valence-corrected chi connectivity index (χ4v) is 0.749. The Labute approximate surface area is 82.2 Å². The molecule has 0 aliphatic heterocycles. The van der Waals surface area contributed by atoms with E-state index < -0.39 is 17.6 Å². The summed E-state index contributed by atoms with van der Waals surface area (Å²) < 4.78 is 53.3. The molecule has 14 heavy (non-hydrogen) atoms. The summed E-state index contributed by atoms with van der Waals surface area (Å²) in [6.07, 6.45) is -4.13. The van der Waals surface area contributed by atoms with Crippen molar-refractivity contribution in [2.75, 3.05) is 0 Å². The summed E-state index contributed by atoms with van der Waals surface area (Å²) in [6.45, 7) is 0. The molecule has 0 spiro atoms. The third kappa shape index (κ3) is 2.77. The minimum atomic E-state index is -4.13. The topological polar surface area (TPSA) is 9.23 Å². The van der Waals surface area contributed by atoms with Gasteiger partial charge in [-0.3, -0.25) is 0 Å². The van der Waals surface area contributed by atoms with E-state index in [2.05, 4.69) is 16.3 Å². The number of benzene rings is 1. The highest BCUT2D eigenvalue weighted by atomic mass is 35.5. The molecule has 0 aliphatic rings. The summed E-state index contributed by atoms with van der Waals surface area (Å²) in [7, 11) is 0. The Kier molecular flexibility index (Phi) is 3.21. The van der Waals surface area contributed by atoms with Gasteiger partial charge in [-0.15, -0.1) is 0 Å². The van der Waals surface area contributed by atoms with Crippen LogP contribution in [0.3, 0.4) is 0 Å². The van der Waals surface area contributed by atoms with Gasteiger partial charge in [-0.25, -0.2) is 8.78 Å². The Morgan fingerprint density at radius 2 is 1.71 bits per heavy atom. The van der Waals surface area contributed by atoms with E-state index in [-0.39, 0.29) is 5.75 Å². The molecule has 1 aromatic rings. The molecule has 1 unspecified atom stereocenters. The molecule has 1 rings (SSSR count). The molecular weight excluding hydrogens is 224 g/mol. The summed E-state index contributed by atoms with van der Waals surface area (Å²) in [5.74, 6) is -0.969. The molecule has 1 nitrogen and oxygen atoms in total. The Balaban J connectivity index is 2.74. The van der Waals surface area contributed by atoms with Crippen LogP contribution in [-0.4, -0.2) is 11.7 Å². The maximum absolute atomic E-state index is 12.5. The lowest BCUT2D eigenvalue weighted by Gasteiger charge is -2.17. The standard InChI is InChI=1S/C8H5ClF4O/c9-7(11)8(12,13)14-6-3-1-5(10)2-4-6/h1-4,7H. The van der Waals surface area contributed by atoms with Crippen LogP contribution in [0.25, 0.3) is 0 Å². The van der Waals surface area contributed by atoms with Crippen LogP contribution in [0, 0.1) is 5.82 Å². The van der Waals surface area contributed by atoms with Crippen LogP contribution in [-0.2, 0) is 0 Å². The van der Waals surface area contributed by atoms with E-state index in [0.717, 1.165) is 24.3 Å². The predicted molar refractivity (Wildman–Crippen MR) is 42.7 cm³/mol. The van der Waals surface area contributed by atoms with E-state index in [1.54, 1.807) is 0 Å². The smallest absolute Gasteiger partial charge is 0.429 e. The third-order valence-corrected chi connectivity index (χ3v) is 1.58. The highest BCUT2D eigenvalue weighted by molar-refractivity contribution is 6.20. The number of hydrogen-bond acceptors (Lipinski definition) is 1. The molecule has 6 heteroatoms. The lowest BCUT2D eigenvalue weighted by Crippen LogP contribution is -2.32. The Hall–Kier alpha value is -0.970. The quantitative estimate of drug-likeness (QED) is 0.570. The second-order valence-electron chi connectivity index (χ2n) is 2.42. The lowest BCUT2D eigenvalue weighted by atomic mass is 10.3. The Morgan fingerprint density at radius 1 is 1.21 bits per heavy atom. The van der Waals surface area contributed by atoms with E-state index in [1.165, 1.54) is 0 Å². The van der Waals surface area contributed by atoms with E-state index in [0.29, 0.717) is 0 Å². The van der Waals surface area contributed by atoms with Crippen molar-refractivity contribution in [1.82, 2.24) is 0 Å². The molecule has 0 aliphatic carbocycles. The van der Waals surface area contributed by atoms with Crippen molar-refractivity contribution >= 4 is 11.6 Å². The number of ether oxygens (including phenoxy) is 1. The summed E-state index contributed by atoms with van der Waals surface area (Å²) in [5.41, 5.74) is -2.95. The first kappa shape index (κ1) is 11.1. The molecule has 1 atom stereocenters. The van der Waals surface area contributed by atoms with Crippen LogP contribution >= 0.6 is 11.6 Å². The van der Waals surface area contributed by atoms with Gasteiger partial charge in [0.25, 0.3) is 5.63 Å². The van der Waals surface area contributed by atoms with Gasteiger partial charge in [0.15, 0.2) is 0 Å². The molecule has 0 N–H and O–H groups in total. The van der Waals surface area contributed by atoms with Gasteiger partial charge in [0.2, 0.25) is 0 Å². The molecule has 0 bridgehead atoms. The third-order valence-electron chi connectivity index (χ3n) is 1.32. The van der Waals surface area contributed by atoms with Crippen molar-refractivity contribution in [1.29, 1.82) is 0 Å². The van der Waals surface area contributed by atoms with Crippen molar-refractivity contribution in [3.63, 3.8) is 0 Å². The van der Waals surface area contributed by atoms with Crippen LogP contribution in [0.5, 0.6) is 5.75 Å². The van der Waals surface area contributed by atoms with E-state index >= 15 is 0 Å². The Morgan fingerprint density at radius 3 is 2.14 bits per heavy atom. The number of halogens is 5. The summed E-state index contributed by atoms with van der Waals surface area (Å²) in [4.78, 5) is 0. The van der Waals surface area contributed by atoms with Crippen molar-refractivity contribution in [2.45, 2.75) is 11.7 Å². The molecule has 0 fully saturated rings. The normalized spacial score (nSPS) is 13.8. The van der Waals surface area contributed by atoms with Gasteiger partial charge in [-0.05, 0) is 24.3 Å². The minimum Gasteiger partial charge on any atom is -0.429 e. The van der Waals surface area contributed by atoms with Crippen LogP contribution in [0.4, 0.5) is 17.6 Å². The second-order valence-corrected chi connectivity index (χ2v) is 2.80. The van der Waals surface area contributed by atoms with E-state index in [1.807, 2.05) is 0 Å². The molecule has 0 aromatic heterocycles. The largest absolute Gasteiger partial charge is 0.444 e. The lowest BCUT2D eigenvalue weighted by molar-refractivity contribution is -0.199. The predicted octanol–water partition coefficient (Wildman–Crippen LogP) is 3.33. The van der Waals surface area contributed by atoms with Crippen LogP contribution in [0.1, 0.15) is 0 Å². The number of hydrogen-bond donors (Lipinski definition) is 0. The molecular formula is C8H5ClF4O. The van der Waals surface area contributed by atoms with Gasteiger partial charge in [0, 0.05) is 0 Å². The maximum atomic E-state index is 12.5. The van der Waals surface area contributed by atoms with Gasteiger partial charge in [0.1, 0.15) is 11.6 Å². The highest BCUT2D eigenvalue weighted by Crippen LogP contribution is 2.28. The molecule has 0 saturated heterocycles. The van der Waals surface area contributed by atoms with Crippen molar-refractivity contribution in [3.8, 4) is 5.75 Å². The molecule has 0 radical (unpaired) electrons. The average Bonchev–Trinajstić information content (AvgIpc) is 2.08. The minimum absolute atomic E-state index is 0.361. The number of alkyl halides is 4. The second kappa shape index (κ2) is 4.04. The first-order valence-corrected chi connectivity index (χ1v) is 3.96. The van der Waals surface area contributed by atoms with Crippen molar-refractivity contribution in [2.24, 2.45) is 0 Å². The van der Waals surface area contributed by atoms with Gasteiger partial charge in [-0.1, -0.05) is 11.6 Å². The van der Waals surface area contributed by atoms with Crippen molar-refractivity contribution < 1.29 is 22.3 Å². The van der Waals surface area contributed by atoms with Crippen LogP contribution in [0.15, 0.2) is 24.3 Å². The van der Waals surface area contributed by atoms with Gasteiger partial charge >= 0.3 is 6.11 Å². The van der Waals surface area contributed by atoms with E-state index in [4.69, 9.17) is 0 Å². The monoisotopic (exact) mass is 228 g/mol. The molecule has 0 saturated carbocycles. The highest BCUT2D eigenvalue weighted by Gasteiger charge is 2.42. The zero-order valence-electron chi connectivity index (χ0n) is 6.68. The molecule has 0 amide bonds. The Bertz CT molecular complexity index is 299. The average molecular weight is 229 g/mol. The summed E-state index contributed by atoms with van der Waals surface area (Å²) in [5, 5.41) is 0. The fourth-order valence-electron chi connectivity index (χ4n) is 0.704. The molecule has 78 valence electrons. The van der Waals surface area contributed by atoms with Gasteiger partial charge in [-0.2, -0.15) is 8.78 Å².